The molecule has 2 aromatic carbocycles. The SMILES string of the molecule is N#Cc1cc(F)cc(Sc2ccc(F)cc2F)c1. The Morgan fingerprint density at radius 2 is 1.72 bits per heavy atom. The summed E-state index contributed by atoms with van der Waals surface area (Å²) in [5.41, 5.74) is 0.153. The van der Waals surface area contributed by atoms with Crippen molar-refractivity contribution in [3.8, 4) is 6.07 Å². The maximum atomic E-state index is 13.4. The molecule has 0 aliphatic carbocycles. The minimum atomic E-state index is -0.720. The molecule has 18 heavy (non-hydrogen) atoms. The zero-order chi connectivity index (χ0) is 13.1. The molecule has 0 aliphatic heterocycles. The number of benzene rings is 2. The summed E-state index contributed by atoms with van der Waals surface area (Å²) in [5.74, 6) is -1.96. The van der Waals surface area contributed by atoms with Crippen molar-refractivity contribution >= 4 is 11.8 Å². The first-order valence-electron chi connectivity index (χ1n) is 4.92. The predicted molar refractivity (Wildman–Crippen MR) is 61.6 cm³/mol. The summed E-state index contributed by atoms with van der Waals surface area (Å²) in [5, 5.41) is 8.69. The molecule has 0 saturated carbocycles. The highest BCUT2D eigenvalue weighted by molar-refractivity contribution is 7.99. The summed E-state index contributed by atoms with van der Waals surface area (Å²) >= 11 is 0.934. The first kappa shape index (κ1) is 12.5. The molecule has 5 heteroatoms. The van der Waals surface area contributed by atoms with E-state index in [1.165, 1.54) is 18.2 Å². The van der Waals surface area contributed by atoms with Gasteiger partial charge in [-0.25, -0.2) is 13.2 Å². The Morgan fingerprint density at radius 3 is 2.39 bits per heavy atom. The quantitative estimate of drug-likeness (QED) is 0.815. The molecule has 0 fully saturated rings. The van der Waals surface area contributed by atoms with E-state index < -0.39 is 17.5 Å². The summed E-state index contributed by atoms with van der Waals surface area (Å²) in [4.78, 5) is 0.558. The Bertz CT molecular complexity index is 635. The lowest BCUT2D eigenvalue weighted by molar-refractivity contribution is 0.565. The number of rotatable bonds is 2. The molecular formula is C13H6F3NS. The summed E-state index contributed by atoms with van der Waals surface area (Å²) in [7, 11) is 0. The molecule has 90 valence electrons. The first-order valence-corrected chi connectivity index (χ1v) is 5.74. The smallest absolute Gasteiger partial charge is 0.140 e. The van der Waals surface area contributed by atoms with Crippen LogP contribution in [-0.4, -0.2) is 0 Å². The van der Waals surface area contributed by atoms with E-state index in [9.17, 15) is 13.2 Å². The van der Waals surface area contributed by atoms with Crippen molar-refractivity contribution in [1.82, 2.24) is 0 Å². The second kappa shape index (κ2) is 5.15. The first-order chi connectivity index (χ1) is 8.58. The number of hydrogen-bond donors (Lipinski definition) is 0. The second-order valence-corrected chi connectivity index (χ2v) is 4.58. The molecule has 0 radical (unpaired) electrons. The third-order valence-electron chi connectivity index (χ3n) is 2.12. The number of nitriles is 1. The number of nitrogens with zero attached hydrogens (tertiary/aromatic N) is 1. The minimum Gasteiger partial charge on any atom is -0.207 e. The Kier molecular flexibility index (Phi) is 3.58. The maximum absolute atomic E-state index is 13.4. The molecule has 0 N–H and O–H groups in total. The van der Waals surface area contributed by atoms with Crippen LogP contribution < -0.4 is 0 Å². The lowest BCUT2D eigenvalue weighted by atomic mass is 10.2. The highest BCUT2D eigenvalue weighted by Gasteiger charge is 2.07. The van der Waals surface area contributed by atoms with Crippen molar-refractivity contribution in [2.45, 2.75) is 9.79 Å². The molecule has 0 saturated heterocycles. The Hall–Kier alpha value is -1.93. The van der Waals surface area contributed by atoms with Gasteiger partial charge in [0.05, 0.1) is 11.6 Å². The van der Waals surface area contributed by atoms with Gasteiger partial charge >= 0.3 is 0 Å². The van der Waals surface area contributed by atoms with Crippen LogP contribution >= 0.6 is 11.8 Å². The fraction of sp³-hybridized carbons (Fsp3) is 0. The summed E-state index contributed by atoms with van der Waals surface area (Å²) in [6.45, 7) is 0. The fourth-order valence-corrected chi connectivity index (χ4v) is 2.27. The normalized spacial score (nSPS) is 10.1. The Balaban J connectivity index is 2.34. The van der Waals surface area contributed by atoms with Crippen molar-refractivity contribution in [3.63, 3.8) is 0 Å². The maximum Gasteiger partial charge on any atom is 0.140 e. The molecule has 1 nitrogen and oxygen atoms in total. The van der Waals surface area contributed by atoms with Crippen LogP contribution in [0.5, 0.6) is 0 Å². The highest BCUT2D eigenvalue weighted by Crippen LogP contribution is 2.31. The zero-order valence-electron chi connectivity index (χ0n) is 8.95. The van der Waals surface area contributed by atoms with Gasteiger partial charge in [0.1, 0.15) is 17.5 Å². The van der Waals surface area contributed by atoms with Crippen LogP contribution in [0.1, 0.15) is 5.56 Å². The van der Waals surface area contributed by atoms with E-state index in [2.05, 4.69) is 0 Å². The zero-order valence-corrected chi connectivity index (χ0v) is 9.77. The van der Waals surface area contributed by atoms with Crippen LogP contribution in [0.25, 0.3) is 0 Å². The van der Waals surface area contributed by atoms with Crippen molar-refractivity contribution < 1.29 is 13.2 Å². The van der Waals surface area contributed by atoms with E-state index in [4.69, 9.17) is 5.26 Å². The van der Waals surface area contributed by atoms with Gasteiger partial charge in [-0.1, -0.05) is 11.8 Å². The molecule has 0 spiro atoms. The predicted octanol–water partition coefficient (Wildman–Crippen LogP) is 4.13. The average Bonchev–Trinajstić information content (AvgIpc) is 2.32. The molecule has 0 aliphatic rings. The van der Waals surface area contributed by atoms with Crippen LogP contribution in [-0.2, 0) is 0 Å². The van der Waals surface area contributed by atoms with Crippen LogP contribution in [0.2, 0.25) is 0 Å². The van der Waals surface area contributed by atoms with Gasteiger partial charge in [-0.3, -0.25) is 0 Å². The van der Waals surface area contributed by atoms with Gasteiger partial charge in [0.15, 0.2) is 0 Å². The van der Waals surface area contributed by atoms with E-state index in [1.807, 2.05) is 6.07 Å². The van der Waals surface area contributed by atoms with Crippen LogP contribution in [0.15, 0.2) is 46.2 Å². The third kappa shape index (κ3) is 2.84. The van der Waals surface area contributed by atoms with Gasteiger partial charge in [-0.05, 0) is 30.3 Å². The molecule has 0 bridgehead atoms. The number of hydrogen-bond acceptors (Lipinski definition) is 2. The van der Waals surface area contributed by atoms with Crippen LogP contribution in [0.4, 0.5) is 13.2 Å². The van der Waals surface area contributed by atoms with Crippen molar-refractivity contribution in [2.75, 3.05) is 0 Å². The molecule has 2 aromatic rings. The molecule has 0 aromatic heterocycles. The van der Waals surface area contributed by atoms with Gasteiger partial charge < -0.3 is 0 Å². The standard InChI is InChI=1S/C13H6F3NS/c14-9-1-2-13(12(16)6-9)18-11-4-8(7-17)3-10(15)5-11/h1-6H. The minimum absolute atomic E-state index is 0.153. The van der Waals surface area contributed by atoms with Gasteiger partial charge in [-0.2, -0.15) is 5.26 Å². The topological polar surface area (TPSA) is 23.8 Å². The van der Waals surface area contributed by atoms with Gasteiger partial charge in [0, 0.05) is 15.9 Å². The van der Waals surface area contributed by atoms with Gasteiger partial charge in [-0.15, -0.1) is 0 Å². The fourth-order valence-electron chi connectivity index (χ4n) is 1.37. The van der Waals surface area contributed by atoms with E-state index in [1.54, 1.807) is 0 Å². The Morgan fingerprint density at radius 1 is 0.944 bits per heavy atom. The molecule has 0 amide bonds. The van der Waals surface area contributed by atoms with E-state index in [0.29, 0.717) is 4.90 Å². The van der Waals surface area contributed by atoms with Crippen molar-refractivity contribution in [3.05, 3.63) is 59.4 Å². The third-order valence-corrected chi connectivity index (χ3v) is 3.14. The average molecular weight is 265 g/mol. The lowest BCUT2D eigenvalue weighted by Gasteiger charge is -2.04. The van der Waals surface area contributed by atoms with Crippen molar-refractivity contribution in [2.24, 2.45) is 0 Å². The molecule has 0 heterocycles. The summed E-state index contributed by atoms with van der Waals surface area (Å²) < 4.78 is 39.3. The molecular weight excluding hydrogens is 259 g/mol. The highest BCUT2D eigenvalue weighted by atomic mass is 32.2. The largest absolute Gasteiger partial charge is 0.207 e. The van der Waals surface area contributed by atoms with E-state index in [0.717, 1.165) is 30.0 Å². The van der Waals surface area contributed by atoms with Gasteiger partial charge in [0.25, 0.3) is 0 Å². The van der Waals surface area contributed by atoms with E-state index in [-0.39, 0.29) is 10.5 Å². The second-order valence-electron chi connectivity index (χ2n) is 3.46. The van der Waals surface area contributed by atoms with Crippen LogP contribution in [0.3, 0.4) is 0 Å². The Labute approximate surface area is 106 Å². The molecule has 0 atom stereocenters. The molecule has 2 rings (SSSR count). The number of halogens is 3. The van der Waals surface area contributed by atoms with E-state index >= 15 is 0 Å². The van der Waals surface area contributed by atoms with Crippen molar-refractivity contribution in [1.29, 1.82) is 5.26 Å². The molecule has 0 unspecified atom stereocenters. The van der Waals surface area contributed by atoms with Gasteiger partial charge in [0.2, 0.25) is 0 Å². The summed E-state index contributed by atoms with van der Waals surface area (Å²) in [6.07, 6.45) is 0. The lowest BCUT2D eigenvalue weighted by Crippen LogP contribution is -1.85. The van der Waals surface area contributed by atoms with Crippen LogP contribution in [0, 0.1) is 28.8 Å². The monoisotopic (exact) mass is 265 g/mol. The summed E-state index contributed by atoms with van der Waals surface area (Å²) in [6, 6.07) is 8.68.